The smallest absolute Gasteiger partial charge is 0.271 e. The fourth-order valence-electron chi connectivity index (χ4n) is 3.09. The van der Waals surface area contributed by atoms with Gasteiger partial charge in [-0.3, -0.25) is 9.79 Å². The highest BCUT2D eigenvalue weighted by molar-refractivity contribution is 6.53. The highest BCUT2D eigenvalue weighted by Crippen LogP contribution is 2.20. The number of nitrogens with two attached hydrogens (primary N) is 1. The molecule has 0 aromatic heterocycles. The van der Waals surface area contributed by atoms with Gasteiger partial charge in [0.2, 0.25) is 0 Å². The Hall–Kier alpha value is -3.74. The molecule has 3 N–H and O–H groups in total. The predicted molar refractivity (Wildman–Crippen MR) is 142 cm³/mol. The van der Waals surface area contributed by atoms with Crippen molar-refractivity contribution in [2.24, 2.45) is 10.7 Å². The van der Waals surface area contributed by atoms with E-state index in [4.69, 9.17) is 15.5 Å². The van der Waals surface area contributed by atoms with E-state index in [1.165, 1.54) is 0 Å². The number of hydrogen-bond donors (Lipinski definition) is 2. The summed E-state index contributed by atoms with van der Waals surface area (Å²) in [5, 5.41) is 2.82. The topological polar surface area (TPSA) is 79.9 Å². The lowest BCUT2D eigenvalue weighted by molar-refractivity contribution is -0.112. The molecule has 2 aromatic rings. The molecule has 0 saturated heterocycles. The maximum absolute atomic E-state index is 12.6. The molecule has 0 fully saturated rings. The van der Waals surface area contributed by atoms with Gasteiger partial charge in [-0.05, 0) is 66.0 Å². The number of methoxy groups -OCH3 is 1. The van der Waals surface area contributed by atoms with E-state index in [0.29, 0.717) is 17.8 Å². The number of amides is 1. The predicted octanol–water partition coefficient (Wildman–Crippen LogP) is 4.00. The molecule has 1 amide bonds. The number of hydrogen-bond acceptors (Lipinski definition) is 5. The third kappa shape index (κ3) is 7.14. The van der Waals surface area contributed by atoms with Crippen LogP contribution in [0.4, 0.5) is 11.4 Å². The van der Waals surface area contributed by atoms with Crippen LogP contribution in [0.15, 0.2) is 78.0 Å². The maximum Gasteiger partial charge on any atom is 0.271 e. The Bertz CT molecular complexity index is 1070. The second-order valence-electron chi connectivity index (χ2n) is 7.48. The molecule has 0 atom stereocenters. The van der Waals surface area contributed by atoms with E-state index in [-0.39, 0.29) is 11.6 Å². The number of anilines is 2. The first-order valence-corrected chi connectivity index (χ1v) is 10.8. The minimum absolute atomic E-state index is 0.0857. The first kappa shape index (κ1) is 25.5. The molecule has 0 spiro atoms. The number of nitrogens with zero attached hydrogens (tertiary/aromatic N) is 2. The molecule has 0 bridgehead atoms. The van der Waals surface area contributed by atoms with E-state index in [0.717, 1.165) is 28.2 Å². The van der Waals surface area contributed by atoms with Crippen LogP contribution in [-0.4, -0.2) is 40.1 Å². The summed E-state index contributed by atoms with van der Waals surface area (Å²) in [4.78, 5) is 19.3. The van der Waals surface area contributed by atoms with Crippen molar-refractivity contribution in [1.29, 1.82) is 0 Å². The number of benzene rings is 2. The van der Waals surface area contributed by atoms with Crippen LogP contribution in [0.25, 0.3) is 5.70 Å². The van der Waals surface area contributed by atoms with Crippen LogP contribution < -0.4 is 26.2 Å². The van der Waals surface area contributed by atoms with Gasteiger partial charge in [-0.1, -0.05) is 32.5 Å². The second-order valence-corrected chi connectivity index (χ2v) is 7.48. The van der Waals surface area contributed by atoms with Crippen molar-refractivity contribution in [3.8, 4) is 5.75 Å². The summed E-state index contributed by atoms with van der Waals surface area (Å²) in [5.41, 5.74) is 11.2. The van der Waals surface area contributed by atoms with Gasteiger partial charge in [0.1, 0.15) is 5.75 Å². The van der Waals surface area contributed by atoms with Crippen molar-refractivity contribution >= 4 is 41.4 Å². The summed E-state index contributed by atoms with van der Waals surface area (Å²) in [6, 6.07) is 13.4. The molecule has 2 aromatic carbocycles. The number of allylic oxidation sites excluding steroid dienone is 3. The SMILES string of the molecule is C=C\C=C(/N=C(/C=C(\N)C(=O)Nc1ccc(N(C)C)cc1)CC)c1ccc(OC)c([B]C)c1. The van der Waals surface area contributed by atoms with Crippen molar-refractivity contribution in [3.05, 3.63) is 78.5 Å². The third-order valence-corrected chi connectivity index (χ3v) is 4.96. The van der Waals surface area contributed by atoms with Gasteiger partial charge in [-0.25, -0.2) is 0 Å². The Morgan fingerprint density at radius 3 is 2.48 bits per heavy atom. The lowest BCUT2D eigenvalue weighted by Gasteiger charge is -2.13. The summed E-state index contributed by atoms with van der Waals surface area (Å²) in [6.45, 7) is 7.72. The van der Waals surface area contributed by atoms with E-state index in [2.05, 4.69) is 11.9 Å². The van der Waals surface area contributed by atoms with Crippen LogP contribution in [0, 0.1) is 0 Å². The number of aliphatic imine (C=N–C) groups is 1. The molecule has 7 heteroatoms. The van der Waals surface area contributed by atoms with E-state index in [1.54, 1.807) is 19.3 Å². The number of nitrogens with one attached hydrogen (secondary N) is 1. The minimum Gasteiger partial charge on any atom is -0.497 e. The molecule has 2 rings (SSSR count). The fraction of sp³-hybridized carbons (Fsp3) is 0.231. The molecule has 0 aliphatic carbocycles. The quantitative estimate of drug-likeness (QED) is 0.252. The van der Waals surface area contributed by atoms with Gasteiger partial charge >= 0.3 is 0 Å². The molecule has 0 saturated carbocycles. The normalized spacial score (nSPS) is 12.2. The van der Waals surface area contributed by atoms with Gasteiger partial charge in [0, 0.05) is 31.2 Å². The summed E-state index contributed by atoms with van der Waals surface area (Å²) >= 11 is 0. The average molecular weight is 443 g/mol. The van der Waals surface area contributed by atoms with E-state index in [9.17, 15) is 4.79 Å². The standard InChI is InChI=1S/C26H32BN4O2/c1-7-9-24(18-10-15-25(33-6)22(16-18)27-3)29-19(8-2)17-23(28)26(32)30-20-11-13-21(14-12-20)31(4)5/h7,9-17H,1,8,28H2,2-6H3,(H,30,32)/b23-17-,24-9-,29-19+. The second kappa shape index (κ2) is 12.3. The Morgan fingerprint density at radius 1 is 1.24 bits per heavy atom. The Morgan fingerprint density at radius 2 is 1.94 bits per heavy atom. The van der Waals surface area contributed by atoms with Crippen molar-refractivity contribution < 1.29 is 9.53 Å². The average Bonchev–Trinajstić information content (AvgIpc) is 2.82. The van der Waals surface area contributed by atoms with Gasteiger partial charge in [-0.15, -0.1) is 0 Å². The Labute approximate surface area is 197 Å². The Kier molecular flexibility index (Phi) is 9.54. The molecular formula is C26H32BN4O2. The van der Waals surface area contributed by atoms with E-state index in [1.807, 2.05) is 88.6 Å². The van der Waals surface area contributed by atoms with Crippen molar-refractivity contribution in [3.63, 3.8) is 0 Å². The van der Waals surface area contributed by atoms with Crippen LogP contribution in [0.2, 0.25) is 6.82 Å². The highest BCUT2D eigenvalue weighted by atomic mass is 16.5. The van der Waals surface area contributed by atoms with Crippen LogP contribution in [0.3, 0.4) is 0 Å². The van der Waals surface area contributed by atoms with Crippen molar-refractivity contribution in [2.45, 2.75) is 20.2 Å². The summed E-state index contributed by atoms with van der Waals surface area (Å²) in [7, 11) is 7.54. The number of rotatable bonds is 10. The van der Waals surface area contributed by atoms with Crippen LogP contribution in [-0.2, 0) is 4.79 Å². The first-order chi connectivity index (χ1) is 15.8. The summed E-state index contributed by atoms with van der Waals surface area (Å²) in [5.74, 6) is 0.411. The van der Waals surface area contributed by atoms with Crippen molar-refractivity contribution in [2.75, 3.05) is 31.4 Å². The zero-order valence-corrected chi connectivity index (χ0v) is 20.1. The lowest BCUT2D eigenvalue weighted by Crippen LogP contribution is -2.21. The largest absolute Gasteiger partial charge is 0.497 e. The van der Waals surface area contributed by atoms with Gasteiger partial charge in [0.15, 0.2) is 7.28 Å². The molecule has 0 aliphatic rings. The molecular weight excluding hydrogens is 411 g/mol. The van der Waals surface area contributed by atoms with Crippen LogP contribution in [0.1, 0.15) is 18.9 Å². The first-order valence-electron chi connectivity index (χ1n) is 10.8. The van der Waals surface area contributed by atoms with E-state index < -0.39 is 0 Å². The van der Waals surface area contributed by atoms with Gasteiger partial charge in [0.25, 0.3) is 5.91 Å². The van der Waals surface area contributed by atoms with Gasteiger partial charge < -0.3 is 20.7 Å². The number of carbonyl (C=O) groups is 1. The molecule has 0 aliphatic heterocycles. The number of carbonyl (C=O) groups excluding carboxylic acids is 1. The van der Waals surface area contributed by atoms with Crippen LogP contribution in [0.5, 0.6) is 5.75 Å². The molecule has 1 radical (unpaired) electrons. The monoisotopic (exact) mass is 443 g/mol. The fourth-order valence-corrected chi connectivity index (χ4v) is 3.09. The zero-order valence-electron chi connectivity index (χ0n) is 20.1. The van der Waals surface area contributed by atoms with Crippen LogP contribution >= 0.6 is 0 Å². The van der Waals surface area contributed by atoms with E-state index >= 15 is 0 Å². The molecule has 0 unspecified atom stereocenters. The molecule has 171 valence electrons. The molecule has 0 heterocycles. The molecule has 33 heavy (non-hydrogen) atoms. The minimum atomic E-state index is -0.379. The van der Waals surface area contributed by atoms with Crippen molar-refractivity contribution in [1.82, 2.24) is 0 Å². The maximum atomic E-state index is 12.6. The van der Waals surface area contributed by atoms with Gasteiger partial charge in [-0.2, -0.15) is 0 Å². The lowest BCUT2D eigenvalue weighted by atomic mass is 9.72. The highest BCUT2D eigenvalue weighted by Gasteiger charge is 2.10. The summed E-state index contributed by atoms with van der Waals surface area (Å²) < 4.78 is 5.40. The van der Waals surface area contributed by atoms with Gasteiger partial charge in [0.05, 0.1) is 18.5 Å². The zero-order chi connectivity index (χ0) is 24.4. The summed E-state index contributed by atoms with van der Waals surface area (Å²) in [6.07, 6.45) is 5.72. The third-order valence-electron chi connectivity index (χ3n) is 4.96. The number of ether oxygens (including phenoxy) is 1. The Balaban J connectivity index is 2.28. The molecule has 6 nitrogen and oxygen atoms in total.